The quantitative estimate of drug-likeness (QED) is 0.183. The van der Waals surface area contributed by atoms with Gasteiger partial charge in [0.2, 0.25) is 0 Å². The van der Waals surface area contributed by atoms with Crippen LogP contribution in [0.2, 0.25) is 0 Å². The van der Waals surface area contributed by atoms with E-state index in [0.29, 0.717) is 16.9 Å². The summed E-state index contributed by atoms with van der Waals surface area (Å²) in [6, 6.07) is 43.9. The number of aromatic nitrogens is 3. The lowest BCUT2D eigenvalue weighted by molar-refractivity contribution is 1.08. The molecular weight excluding hydrogens is 595 g/mol. The summed E-state index contributed by atoms with van der Waals surface area (Å²) in [5.41, 5.74) is 9.91. The van der Waals surface area contributed by atoms with Gasteiger partial charge < -0.3 is 0 Å². The molecule has 0 aliphatic heterocycles. The summed E-state index contributed by atoms with van der Waals surface area (Å²) in [4.78, 5) is 10.6. The van der Waals surface area contributed by atoms with Gasteiger partial charge in [0.25, 0.3) is 0 Å². The molecule has 49 heavy (non-hydrogen) atoms. The average molecular weight is 627 g/mol. The van der Waals surface area contributed by atoms with Crippen molar-refractivity contribution in [3.8, 4) is 50.5 Å². The third kappa shape index (κ3) is 3.67. The standard InChI is InChI=1S/C46H27N3/c1-3-12-28(13-4-1)32-24-27-39-43-41(32)36-20-10-9-19-34(36)35-21-11-17-30-23-26-38(42(43)40(30)35)49(39)46-44(31-15-5-2-6-16-31)48-45-33-18-8-7-14-29(33)22-25-37(45)47-46/h1-27H/i2D,5D,6D,15D,16D. The Bertz CT molecular complexity index is 3250. The van der Waals surface area contributed by atoms with Gasteiger partial charge in [-0.25, -0.2) is 9.97 Å². The lowest BCUT2D eigenvalue weighted by Crippen LogP contribution is -2.04. The Morgan fingerprint density at radius 2 is 1.18 bits per heavy atom. The molecule has 0 radical (unpaired) electrons. The van der Waals surface area contributed by atoms with Crippen molar-refractivity contribution in [1.29, 1.82) is 0 Å². The molecule has 0 fully saturated rings. The first kappa shape index (κ1) is 22.1. The summed E-state index contributed by atoms with van der Waals surface area (Å²) >= 11 is 0. The normalized spacial score (nSPS) is 13.5. The molecule has 0 unspecified atom stereocenters. The van der Waals surface area contributed by atoms with Crippen molar-refractivity contribution in [3.05, 3.63) is 164 Å². The summed E-state index contributed by atoms with van der Waals surface area (Å²) < 4.78 is 46.0. The molecule has 3 heteroatoms. The van der Waals surface area contributed by atoms with Gasteiger partial charge in [0.1, 0.15) is 5.69 Å². The van der Waals surface area contributed by atoms with E-state index in [2.05, 4.69) is 95.6 Å². The van der Waals surface area contributed by atoms with Gasteiger partial charge in [-0.15, -0.1) is 0 Å². The van der Waals surface area contributed by atoms with Crippen LogP contribution in [-0.4, -0.2) is 14.5 Å². The summed E-state index contributed by atoms with van der Waals surface area (Å²) in [7, 11) is 0. The zero-order valence-electron chi connectivity index (χ0n) is 31.0. The number of hydrogen-bond donors (Lipinski definition) is 0. The van der Waals surface area contributed by atoms with Gasteiger partial charge in [0.05, 0.1) is 28.9 Å². The molecule has 3 nitrogen and oxygen atoms in total. The van der Waals surface area contributed by atoms with Gasteiger partial charge in [0, 0.05) is 27.3 Å². The van der Waals surface area contributed by atoms with Crippen LogP contribution in [0, 0.1) is 0 Å². The second-order valence-corrected chi connectivity index (χ2v) is 12.5. The van der Waals surface area contributed by atoms with E-state index in [1.165, 1.54) is 0 Å². The fourth-order valence-corrected chi connectivity index (χ4v) is 7.97. The molecule has 0 saturated heterocycles. The van der Waals surface area contributed by atoms with Crippen LogP contribution in [0.3, 0.4) is 0 Å². The van der Waals surface area contributed by atoms with E-state index in [0.717, 1.165) is 76.7 Å². The minimum atomic E-state index is -0.454. The first-order valence-electron chi connectivity index (χ1n) is 18.9. The first-order valence-corrected chi connectivity index (χ1v) is 16.4. The Hall–Kier alpha value is -6.58. The van der Waals surface area contributed by atoms with E-state index in [9.17, 15) is 0 Å². The van der Waals surface area contributed by atoms with Gasteiger partial charge in [0.15, 0.2) is 5.82 Å². The molecule has 0 saturated carbocycles. The minimum absolute atomic E-state index is 0.00776. The fraction of sp³-hybridized carbons (Fsp3) is 0. The third-order valence-electron chi connectivity index (χ3n) is 10.00. The van der Waals surface area contributed by atoms with E-state index in [1.807, 2.05) is 42.5 Å². The molecule has 2 aromatic heterocycles. The van der Waals surface area contributed by atoms with Crippen molar-refractivity contribution in [2.24, 2.45) is 0 Å². The molecule has 0 N–H and O–H groups in total. The van der Waals surface area contributed by atoms with Gasteiger partial charge in [-0.3, -0.25) is 4.57 Å². The Morgan fingerprint density at radius 1 is 0.469 bits per heavy atom. The molecule has 1 aliphatic rings. The van der Waals surface area contributed by atoms with Crippen molar-refractivity contribution in [2.45, 2.75) is 0 Å². The molecule has 10 aromatic rings. The second kappa shape index (κ2) is 9.96. The highest BCUT2D eigenvalue weighted by Crippen LogP contribution is 2.52. The minimum Gasteiger partial charge on any atom is -0.292 e. The van der Waals surface area contributed by atoms with Crippen LogP contribution in [0.15, 0.2) is 164 Å². The SMILES string of the molecule is [2H]c1c([2H])c([2H])c(-c2nc3c(ccc4ccccc43)nc2-n2c3ccc(-c4ccccc4)c4c3c3c5c(cccc5ccc32)-c2ccccc2-4)c([2H])c1[2H]. The molecule has 8 aromatic carbocycles. The summed E-state index contributed by atoms with van der Waals surface area (Å²) in [5, 5.41) is 6.18. The van der Waals surface area contributed by atoms with E-state index >= 15 is 0 Å². The smallest absolute Gasteiger partial charge is 0.165 e. The number of benzene rings is 8. The van der Waals surface area contributed by atoms with E-state index in [4.69, 9.17) is 16.8 Å². The van der Waals surface area contributed by atoms with Crippen molar-refractivity contribution in [1.82, 2.24) is 14.5 Å². The fourth-order valence-electron chi connectivity index (χ4n) is 7.97. The van der Waals surface area contributed by atoms with Gasteiger partial charge in [-0.2, -0.15) is 0 Å². The highest BCUT2D eigenvalue weighted by molar-refractivity contribution is 6.32. The molecule has 226 valence electrons. The first-order chi connectivity index (χ1) is 26.4. The molecule has 0 bridgehead atoms. The monoisotopic (exact) mass is 626 g/mol. The topological polar surface area (TPSA) is 30.7 Å². The predicted molar refractivity (Wildman–Crippen MR) is 204 cm³/mol. The van der Waals surface area contributed by atoms with Crippen LogP contribution in [0.25, 0.3) is 105 Å². The van der Waals surface area contributed by atoms with Crippen LogP contribution < -0.4 is 0 Å². The van der Waals surface area contributed by atoms with Gasteiger partial charge in [-0.05, 0) is 62.2 Å². The lowest BCUT2D eigenvalue weighted by atomic mass is 9.88. The molecule has 0 spiro atoms. The second-order valence-electron chi connectivity index (χ2n) is 12.5. The van der Waals surface area contributed by atoms with E-state index in [-0.39, 0.29) is 23.3 Å². The Balaban J connectivity index is 1.38. The maximum absolute atomic E-state index is 9.13. The summed E-state index contributed by atoms with van der Waals surface area (Å²) in [5.74, 6) is 0.389. The van der Waals surface area contributed by atoms with Crippen LogP contribution in [0.1, 0.15) is 6.85 Å². The van der Waals surface area contributed by atoms with E-state index in [1.54, 1.807) is 0 Å². The van der Waals surface area contributed by atoms with Crippen LogP contribution in [0.4, 0.5) is 0 Å². The Morgan fingerprint density at radius 3 is 2.08 bits per heavy atom. The number of fused-ring (bicyclic) bond motifs is 6. The summed E-state index contributed by atoms with van der Waals surface area (Å²) in [6.45, 7) is 0. The maximum atomic E-state index is 9.13. The molecule has 0 amide bonds. The number of rotatable bonds is 3. The molecular formula is C46H27N3. The largest absolute Gasteiger partial charge is 0.292 e. The van der Waals surface area contributed by atoms with Crippen molar-refractivity contribution in [2.75, 3.05) is 0 Å². The molecule has 11 rings (SSSR count). The Labute approximate surface area is 289 Å². The maximum Gasteiger partial charge on any atom is 0.165 e. The van der Waals surface area contributed by atoms with Crippen LogP contribution >= 0.6 is 0 Å². The summed E-state index contributed by atoms with van der Waals surface area (Å²) in [6.07, 6.45) is 0. The molecule has 2 heterocycles. The van der Waals surface area contributed by atoms with Crippen molar-refractivity contribution < 1.29 is 6.85 Å². The highest BCUT2D eigenvalue weighted by atomic mass is 15.1. The highest BCUT2D eigenvalue weighted by Gasteiger charge is 2.28. The number of hydrogen-bond acceptors (Lipinski definition) is 2. The third-order valence-corrected chi connectivity index (χ3v) is 10.00. The average Bonchev–Trinajstić information content (AvgIpc) is 3.49. The van der Waals surface area contributed by atoms with Crippen molar-refractivity contribution in [3.63, 3.8) is 0 Å². The molecule has 0 atom stereocenters. The van der Waals surface area contributed by atoms with E-state index < -0.39 is 18.1 Å². The zero-order valence-corrected chi connectivity index (χ0v) is 26.0. The number of nitrogens with zero attached hydrogens (tertiary/aromatic N) is 3. The van der Waals surface area contributed by atoms with Gasteiger partial charge >= 0.3 is 0 Å². The predicted octanol–water partition coefficient (Wildman–Crippen LogP) is 12.0. The molecule has 1 aliphatic carbocycles. The lowest BCUT2D eigenvalue weighted by Gasteiger charge is -2.18. The van der Waals surface area contributed by atoms with Crippen LogP contribution in [0.5, 0.6) is 0 Å². The van der Waals surface area contributed by atoms with Gasteiger partial charge in [-0.1, -0.05) is 145 Å². The zero-order chi connectivity index (χ0) is 36.4. The van der Waals surface area contributed by atoms with Crippen molar-refractivity contribution >= 4 is 54.4 Å². The Kier molecular flexibility index (Phi) is 4.49. The van der Waals surface area contributed by atoms with Crippen LogP contribution in [-0.2, 0) is 0 Å².